The third-order valence-electron chi connectivity index (χ3n) is 5.05. The number of hydrogen-bond acceptors (Lipinski definition) is 8. The van der Waals surface area contributed by atoms with E-state index < -0.39 is 8.53 Å². The molecule has 0 saturated carbocycles. The Kier molecular flexibility index (Phi) is 11.2. The third-order valence-corrected chi connectivity index (χ3v) is 7.16. The summed E-state index contributed by atoms with van der Waals surface area (Å²) in [5, 5.41) is 13.1. The van der Waals surface area contributed by atoms with Gasteiger partial charge in [-0.25, -0.2) is 4.67 Å². The average Bonchev–Trinajstić information content (AvgIpc) is 3.34. The van der Waals surface area contributed by atoms with Gasteiger partial charge in [0, 0.05) is 23.7 Å². The Labute approximate surface area is 214 Å². The summed E-state index contributed by atoms with van der Waals surface area (Å²) in [6, 6.07) is 21.7. The molecule has 0 bridgehead atoms. The van der Waals surface area contributed by atoms with E-state index in [2.05, 4.69) is 43.6 Å². The number of para-hydroxylation sites is 2. The molecular weight excluding hydrogens is 477 g/mol. The molecule has 0 N–H and O–H groups in total. The Morgan fingerprint density at radius 2 is 1.61 bits per heavy atom. The largest absolute Gasteiger partial charge is 0.490 e. The molecule has 192 valence electrons. The van der Waals surface area contributed by atoms with Gasteiger partial charge in [-0.05, 0) is 52.0 Å². The second-order valence-corrected chi connectivity index (χ2v) is 9.96. The summed E-state index contributed by atoms with van der Waals surface area (Å²) in [5.74, 6) is 2.07. The van der Waals surface area contributed by atoms with Crippen molar-refractivity contribution in [2.24, 2.45) is 0 Å². The van der Waals surface area contributed by atoms with Crippen LogP contribution in [0.15, 0.2) is 65.2 Å². The van der Waals surface area contributed by atoms with Crippen LogP contribution in [0.25, 0.3) is 11.3 Å². The standard InChI is InChI=1S/C27H34N3O5P/c1-21(2)30(22(3)4)36(33-16-10-15-28)34-18-17-31-27-14-9-8-13-25(27)26-19-24(35-29-26)20-32-23-11-6-5-7-12-23/h5-9,11-14,19,21-22H,10,16-18,20H2,1-4H3. The first-order chi connectivity index (χ1) is 17.5. The van der Waals surface area contributed by atoms with Crippen LogP contribution in [0.2, 0.25) is 0 Å². The predicted molar refractivity (Wildman–Crippen MR) is 139 cm³/mol. The Morgan fingerprint density at radius 3 is 2.33 bits per heavy atom. The minimum atomic E-state index is -1.31. The smallest absolute Gasteiger partial charge is 0.259 e. The summed E-state index contributed by atoms with van der Waals surface area (Å²) in [5.41, 5.74) is 1.50. The molecule has 0 radical (unpaired) electrons. The fourth-order valence-electron chi connectivity index (χ4n) is 3.56. The van der Waals surface area contributed by atoms with Gasteiger partial charge in [0.2, 0.25) is 0 Å². The molecule has 0 saturated heterocycles. The number of nitriles is 1. The summed E-state index contributed by atoms with van der Waals surface area (Å²) in [4.78, 5) is 0. The normalized spacial score (nSPS) is 12.2. The summed E-state index contributed by atoms with van der Waals surface area (Å²) < 4.78 is 31.5. The van der Waals surface area contributed by atoms with Crippen LogP contribution in [0.4, 0.5) is 0 Å². The van der Waals surface area contributed by atoms with Crippen molar-refractivity contribution in [2.45, 2.75) is 52.8 Å². The lowest BCUT2D eigenvalue weighted by Crippen LogP contribution is -2.34. The van der Waals surface area contributed by atoms with Crippen molar-refractivity contribution < 1.29 is 23.0 Å². The molecule has 1 unspecified atom stereocenters. The van der Waals surface area contributed by atoms with Crippen LogP contribution in [-0.4, -0.2) is 41.7 Å². The van der Waals surface area contributed by atoms with Crippen molar-refractivity contribution in [3.8, 4) is 28.8 Å². The fraction of sp³-hybridized carbons (Fsp3) is 0.407. The molecule has 0 fully saturated rings. The van der Waals surface area contributed by atoms with Crippen LogP contribution in [0, 0.1) is 11.3 Å². The van der Waals surface area contributed by atoms with Crippen LogP contribution in [0.3, 0.4) is 0 Å². The van der Waals surface area contributed by atoms with Crippen LogP contribution in [0.1, 0.15) is 39.9 Å². The number of hydrogen-bond donors (Lipinski definition) is 0. The topological polar surface area (TPSA) is 90.0 Å². The Hall–Kier alpha value is -2.95. The molecule has 1 heterocycles. The highest BCUT2D eigenvalue weighted by Crippen LogP contribution is 2.45. The van der Waals surface area contributed by atoms with Gasteiger partial charge in [-0.2, -0.15) is 5.26 Å². The molecule has 0 amide bonds. The lowest BCUT2D eigenvalue weighted by Gasteiger charge is -2.35. The van der Waals surface area contributed by atoms with Gasteiger partial charge in [-0.3, -0.25) is 0 Å². The quantitative estimate of drug-likeness (QED) is 0.167. The van der Waals surface area contributed by atoms with Crippen LogP contribution in [-0.2, 0) is 15.7 Å². The highest BCUT2D eigenvalue weighted by Gasteiger charge is 2.27. The summed E-state index contributed by atoms with van der Waals surface area (Å²) in [6.07, 6.45) is 0.326. The van der Waals surface area contributed by atoms with E-state index in [1.807, 2.05) is 60.7 Å². The molecule has 0 aliphatic rings. The van der Waals surface area contributed by atoms with Crippen LogP contribution in [0.5, 0.6) is 11.5 Å². The van der Waals surface area contributed by atoms with Crippen LogP contribution >= 0.6 is 8.53 Å². The molecule has 1 atom stereocenters. The highest BCUT2D eigenvalue weighted by molar-refractivity contribution is 7.44. The molecule has 3 rings (SSSR count). The lowest BCUT2D eigenvalue weighted by atomic mass is 10.1. The highest BCUT2D eigenvalue weighted by atomic mass is 31.2. The maximum absolute atomic E-state index is 8.86. The Morgan fingerprint density at radius 1 is 0.917 bits per heavy atom. The van der Waals surface area contributed by atoms with E-state index in [9.17, 15) is 0 Å². The van der Waals surface area contributed by atoms with Crippen molar-refractivity contribution >= 4 is 8.53 Å². The van der Waals surface area contributed by atoms with E-state index in [1.165, 1.54) is 0 Å². The SMILES string of the molecule is CC(C)N(C(C)C)P(OCCC#N)OCCOc1ccccc1-c1cc(COc2ccccc2)on1. The first kappa shape index (κ1) is 27.6. The van der Waals surface area contributed by atoms with Crippen LogP contribution < -0.4 is 9.47 Å². The van der Waals surface area contributed by atoms with E-state index >= 15 is 0 Å². The Balaban J connectivity index is 1.58. The van der Waals surface area contributed by atoms with Crippen molar-refractivity contribution in [2.75, 3.05) is 19.8 Å². The number of ether oxygens (including phenoxy) is 2. The zero-order valence-corrected chi connectivity index (χ0v) is 22.2. The zero-order valence-electron chi connectivity index (χ0n) is 21.3. The van der Waals surface area contributed by atoms with Gasteiger partial charge in [0.15, 0.2) is 5.76 Å². The summed E-state index contributed by atoms with van der Waals surface area (Å²) in [6.45, 7) is 9.73. The minimum Gasteiger partial charge on any atom is -0.490 e. The second-order valence-electron chi connectivity index (χ2n) is 8.50. The van der Waals surface area contributed by atoms with Gasteiger partial charge < -0.3 is 23.0 Å². The van der Waals surface area contributed by atoms with Crippen molar-refractivity contribution in [3.05, 3.63) is 66.4 Å². The molecule has 0 aliphatic carbocycles. The molecule has 2 aromatic carbocycles. The second kappa shape index (κ2) is 14.6. The number of aromatic nitrogens is 1. The van der Waals surface area contributed by atoms with Gasteiger partial charge in [0.25, 0.3) is 8.53 Å². The molecule has 8 nitrogen and oxygen atoms in total. The van der Waals surface area contributed by atoms with Gasteiger partial charge >= 0.3 is 0 Å². The first-order valence-corrected chi connectivity index (χ1v) is 13.2. The van der Waals surface area contributed by atoms with Gasteiger partial charge in [-0.1, -0.05) is 35.5 Å². The third kappa shape index (κ3) is 8.32. The van der Waals surface area contributed by atoms with Crippen molar-refractivity contribution in [1.82, 2.24) is 9.83 Å². The molecule has 0 spiro atoms. The van der Waals surface area contributed by atoms with Gasteiger partial charge in [-0.15, -0.1) is 0 Å². The molecule has 0 aliphatic heterocycles. The number of benzene rings is 2. The summed E-state index contributed by atoms with van der Waals surface area (Å²) >= 11 is 0. The van der Waals surface area contributed by atoms with Gasteiger partial charge in [0.1, 0.15) is 30.4 Å². The monoisotopic (exact) mass is 511 g/mol. The molecule has 36 heavy (non-hydrogen) atoms. The van der Waals surface area contributed by atoms with E-state index in [-0.39, 0.29) is 18.7 Å². The molecule has 1 aromatic heterocycles. The molecule has 9 heteroatoms. The average molecular weight is 512 g/mol. The first-order valence-electron chi connectivity index (χ1n) is 12.1. The predicted octanol–water partition coefficient (Wildman–Crippen LogP) is 6.59. The van der Waals surface area contributed by atoms with Crippen molar-refractivity contribution in [3.63, 3.8) is 0 Å². The van der Waals surface area contributed by atoms with Gasteiger partial charge in [0.05, 0.1) is 25.7 Å². The van der Waals surface area contributed by atoms with E-state index in [0.29, 0.717) is 43.4 Å². The van der Waals surface area contributed by atoms with Crippen molar-refractivity contribution in [1.29, 1.82) is 5.26 Å². The maximum Gasteiger partial charge on any atom is 0.259 e. The zero-order chi connectivity index (χ0) is 25.8. The summed E-state index contributed by atoms with van der Waals surface area (Å²) in [7, 11) is -1.31. The maximum atomic E-state index is 8.86. The number of nitrogens with zero attached hydrogens (tertiary/aromatic N) is 3. The Bertz CT molecular complexity index is 1080. The molecular formula is C27H34N3O5P. The fourth-order valence-corrected chi connectivity index (χ4v) is 5.14. The lowest BCUT2D eigenvalue weighted by molar-refractivity contribution is 0.154. The number of rotatable bonds is 15. The van der Waals surface area contributed by atoms with E-state index in [1.54, 1.807) is 0 Å². The minimum absolute atomic E-state index is 0.243. The van der Waals surface area contributed by atoms with E-state index in [0.717, 1.165) is 11.3 Å². The molecule has 3 aromatic rings. The van der Waals surface area contributed by atoms with E-state index in [4.69, 9.17) is 28.3 Å².